The van der Waals surface area contributed by atoms with Crippen LogP contribution in [0.5, 0.6) is 5.75 Å². The van der Waals surface area contributed by atoms with Crippen molar-refractivity contribution in [2.45, 2.75) is 26.7 Å². The highest BCUT2D eigenvalue weighted by Gasteiger charge is 2.29. The first-order chi connectivity index (χ1) is 16.8. The van der Waals surface area contributed by atoms with E-state index in [0.717, 1.165) is 69.2 Å². The number of carbonyl (C=O) groups excluding carboxylic acids is 2. The molecule has 2 saturated heterocycles. The standard InChI is InChI=1S/C27H35ClN4O3/c1-27(2,19-28)26(34)29-20-10-11-22(21(18-20)25(33)32-12-6-7-13-32)30-14-16-31(17-15-30)23-8-4-5-9-24(23)35-3/h4-5,8-11,18H,6-7,12-17,19H2,1-3H3,(H,29,34). The second-order valence-electron chi connectivity index (χ2n) is 9.85. The molecule has 188 valence electrons. The molecule has 0 spiro atoms. The van der Waals surface area contributed by atoms with E-state index in [1.165, 1.54) is 0 Å². The zero-order valence-corrected chi connectivity index (χ0v) is 21.6. The van der Waals surface area contributed by atoms with Crippen LogP contribution in [-0.4, -0.2) is 69.0 Å². The molecule has 2 aromatic carbocycles. The van der Waals surface area contributed by atoms with Gasteiger partial charge in [0.1, 0.15) is 5.75 Å². The molecule has 0 saturated carbocycles. The van der Waals surface area contributed by atoms with E-state index in [1.807, 2.05) is 41.3 Å². The number of benzene rings is 2. The van der Waals surface area contributed by atoms with Crippen LogP contribution in [0, 0.1) is 5.41 Å². The predicted molar refractivity (Wildman–Crippen MR) is 142 cm³/mol. The third kappa shape index (κ3) is 5.50. The van der Waals surface area contributed by atoms with Crippen LogP contribution in [0.1, 0.15) is 37.0 Å². The lowest BCUT2D eigenvalue weighted by molar-refractivity contribution is -0.122. The number of likely N-dealkylation sites (tertiary alicyclic amines) is 1. The summed E-state index contributed by atoms with van der Waals surface area (Å²) in [7, 11) is 1.69. The van der Waals surface area contributed by atoms with E-state index in [9.17, 15) is 9.59 Å². The third-order valence-corrected chi connectivity index (χ3v) is 7.54. The molecule has 1 N–H and O–H groups in total. The summed E-state index contributed by atoms with van der Waals surface area (Å²) in [6, 6.07) is 13.7. The van der Waals surface area contributed by atoms with Crippen molar-refractivity contribution in [2.75, 3.05) is 67.4 Å². The van der Waals surface area contributed by atoms with Crippen molar-refractivity contribution in [3.05, 3.63) is 48.0 Å². The fraction of sp³-hybridized carbons (Fsp3) is 0.481. The van der Waals surface area contributed by atoms with Crippen molar-refractivity contribution in [2.24, 2.45) is 5.41 Å². The highest BCUT2D eigenvalue weighted by molar-refractivity contribution is 6.20. The van der Waals surface area contributed by atoms with E-state index in [0.29, 0.717) is 11.3 Å². The Morgan fingerprint density at radius 3 is 2.20 bits per heavy atom. The van der Waals surface area contributed by atoms with Gasteiger partial charge in [-0.25, -0.2) is 0 Å². The van der Waals surface area contributed by atoms with Crippen molar-refractivity contribution in [1.29, 1.82) is 0 Å². The number of hydrogen-bond acceptors (Lipinski definition) is 5. The average molecular weight is 499 g/mol. The number of methoxy groups -OCH3 is 1. The summed E-state index contributed by atoms with van der Waals surface area (Å²) < 4.78 is 5.55. The molecule has 35 heavy (non-hydrogen) atoms. The van der Waals surface area contributed by atoms with Gasteiger partial charge in [-0.3, -0.25) is 9.59 Å². The van der Waals surface area contributed by atoms with Gasteiger partial charge in [0.15, 0.2) is 0 Å². The first-order valence-corrected chi connectivity index (χ1v) is 12.8. The summed E-state index contributed by atoms with van der Waals surface area (Å²) in [5.74, 6) is 0.945. The molecule has 0 atom stereocenters. The summed E-state index contributed by atoms with van der Waals surface area (Å²) in [6.07, 6.45) is 2.05. The molecule has 2 aliphatic rings. The summed E-state index contributed by atoms with van der Waals surface area (Å²) in [6.45, 7) is 8.36. The van der Waals surface area contributed by atoms with Gasteiger partial charge in [0.2, 0.25) is 5.91 Å². The molecule has 0 radical (unpaired) electrons. The van der Waals surface area contributed by atoms with Gasteiger partial charge >= 0.3 is 0 Å². The SMILES string of the molecule is COc1ccccc1N1CCN(c2ccc(NC(=O)C(C)(C)CCl)cc2C(=O)N2CCCC2)CC1. The Morgan fingerprint density at radius 1 is 0.943 bits per heavy atom. The van der Waals surface area contributed by atoms with Crippen LogP contribution in [0.15, 0.2) is 42.5 Å². The first-order valence-electron chi connectivity index (χ1n) is 12.3. The summed E-state index contributed by atoms with van der Waals surface area (Å²) in [5, 5.41) is 2.96. The molecule has 2 amide bonds. The van der Waals surface area contributed by atoms with Gasteiger partial charge in [-0.05, 0) is 57.0 Å². The average Bonchev–Trinajstić information content (AvgIpc) is 3.43. The molecule has 7 nitrogen and oxygen atoms in total. The van der Waals surface area contributed by atoms with E-state index in [2.05, 4.69) is 21.2 Å². The molecule has 2 aliphatic heterocycles. The van der Waals surface area contributed by atoms with Crippen LogP contribution < -0.4 is 19.9 Å². The largest absolute Gasteiger partial charge is 0.495 e. The van der Waals surface area contributed by atoms with Crippen molar-refractivity contribution in [3.63, 3.8) is 0 Å². The van der Waals surface area contributed by atoms with Crippen LogP contribution in [0.3, 0.4) is 0 Å². The number of para-hydroxylation sites is 2. The Balaban J connectivity index is 1.56. The van der Waals surface area contributed by atoms with E-state index in [4.69, 9.17) is 16.3 Å². The Labute approximate surface area is 213 Å². The normalized spacial score (nSPS) is 16.4. The predicted octanol–water partition coefficient (Wildman–Crippen LogP) is 4.46. The molecule has 4 rings (SSSR count). The minimum atomic E-state index is -0.700. The number of rotatable bonds is 7. The number of amides is 2. The van der Waals surface area contributed by atoms with Gasteiger partial charge in [-0.1, -0.05) is 12.1 Å². The number of anilines is 3. The molecule has 8 heteroatoms. The number of halogens is 1. The van der Waals surface area contributed by atoms with Crippen LogP contribution >= 0.6 is 11.6 Å². The van der Waals surface area contributed by atoms with Gasteiger partial charge in [0.05, 0.1) is 23.8 Å². The summed E-state index contributed by atoms with van der Waals surface area (Å²) in [5.41, 5.74) is 2.55. The van der Waals surface area contributed by atoms with Crippen molar-refractivity contribution >= 4 is 40.5 Å². The maximum Gasteiger partial charge on any atom is 0.256 e. The Morgan fingerprint density at radius 2 is 1.57 bits per heavy atom. The number of ether oxygens (including phenoxy) is 1. The third-order valence-electron chi connectivity index (χ3n) is 6.87. The van der Waals surface area contributed by atoms with Gasteiger partial charge in [-0.2, -0.15) is 0 Å². The molecular formula is C27H35ClN4O3. The second kappa shape index (κ2) is 10.8. The monoisotopic (exact) mass is 498 g/mol. The van der Waals surface area contributed by atoms with Crippen molar-refractivity contribution in [3.8, 4) is 5.75 Å². The summed E-state index contributed by atoms with van der Waals surface area (Å²) >= 11 is 5.98. The lowest BCUT2D eigenvalue weighted by Gasteiger charge is -2.38. The lowest BCUT2D eigenvalue weighted by atomic mass is 9.95. The van der Waals surface area contributed by atoms with E-state index >= 15 is 0 Å². The molecule has 0 unspecified atom stereocenters. The fourth-order valence-corrected chi connectivity index (χ4v) is 4.71. The topological polar surface area (TPSA) is 65.1 Å². The number of hydrogen-bond donors (Lipinski definition) is 1. The lowest BCUT2D eigenvalue weighted by Crippen LogP contribution is -2.47. The van der Waals surface area contributed by atoms with E-state index < -0.39 is 5.41 Å². The van der Waals surface area contributed by atoms with E-state index in [-0.39, 0.29) is 17.7 Å². The number of alkyl halides is 1. The molecule has 0 aromatic heterocycles. The number of nitrogens with zero attached hydrogens (tertiary/aromatic N) is 3. The quantitative estimate of drug-likeness (QED) is 0.571. The maximum atomic E-state index is 13.5. The maximum absolute atomic E-state index is 13.5. The van der Waals surface area contributed by atoms with Crippen LogP contribution in [0.25, 0.3) is 0 Å². The Bertz CT molecular complexity index is 1060. The minimum absolute atomic E-state index is 0.0253. The number of carbonyl (C=O) groups is 2. The number of piperazine rings is 1. The molecule has 0 aliphatic carbocycles. The molecule has 2 fully saturated rings. The fourth-order valence-electron chi connectivity index (χ4n) is 4.59. The van der Waals surface area contributed by atoms with Crippen LogP contribution in [0.4, 0.5) is 17.1 Å². The van der Waals surface area contributed by atoms with Gasteiger partial charge in [0, 0.05) is 56.5 Å². The van der Waals surface area contributed by atoms with Gasteiger partial charge in [-0.15, -0.1) is 11.6 Å². The van der Waals surface area contributed by atoms with Crippen LogP contribution in [-0.2, 0) is 4.79 Å². The zero-order valence-electron chi connectivity index (χ0n) is 20.8. The minimum Gasteiger partial charge on any atom is -0.495 e. The van der Waals surface area contributed by atoms with Gasteiger partial charge in [0.25, 0.3) is 5.91 Å². The molecule has 0 bridgehead atoms. The van der Waals surface area contributed by atoms with E-state index in [1.54, 1.807) is 21.0 Å². The Hall–Kier alpha value is -2.93. The van der Waals surface area contributed by atoms with Crippen molar-refractivity contribution in [1.82, 2.24) is 4.90 Å². The highest BCUT2D eigenvalue weighted by atomic mass is 35.5. The van der Waals surface area contributed by atoms with Crippen LogP contribution in [0.2, 0.25) is 0 Å². The molecule has 2 heterocycles. The second-order valence-corrected chi connectivity index (χ2v) is 10.1. The highest BCUT2D eigenvalue weighted by Crippen LogP contribution is 2.32. The Kier molecular flexibility index (Phi) is 7.75. The zero-order chi connectivity index (χ0) is 25.0. The number of nitrogens with one attached hydrogen (secondary N) is 1. The first kappa shape index (κ1) is 25.2. The molecule has 2 aromatic rings. The molecular weight excluding hydrogens is 464 g/mol. The summed E-state index contributed by atoms with van der Waals surface area (Å²) in [4.78, 5) is 32.7. The smallest absolute Gasteiger partial charge is 0.256 e. The van der Waals surface area contributed by atoms with Gasteiger partial charge < -0.3 is 24.8 Å². The van der Waals surface area contributed by atoms with Crippen molar-refractivity contribution < 1.29 is 14.3 Å².